The van der Waals surface area contributed by atoms with Crippen molar-refractivity contribution in [3.8, 4) is 0 Å². The van der Waals surface area contributed by atoms with Crippen LogP contribution in [-0.2, 0) is 0 Å². The van der Waals surface area contributed by atoms with E-state index in [0.29, 0.717) is 5.15 Å². The van der Waals surface area contributed by atoms with E-state index in [2.05, 4.69) is 19.8 Å². The monoisotopic (exact) mass is 295 g/mol. The molecule has 1 aromatic rings. The molecule has 0 aliphatic heterocycles. The Morgan fingerprint density at radius 1 is 1.42 bits per heavy atom. The quantitative estimate of drug-likeness (QED) is 0.572. The van der Waals surface area contributed by atoms with E-state index < -0.39 is 18.4 Å². The zero-order valence-corrected chi connectivity index (χ0v) is 11.0. The van der Waals surface area contributed by atoms with Gasteiger partial charge in [0.15, 0.2) is 0 Å². The van der Waals surface area contributed by atoms with Gasteiger partial charge in [-0.05, 0) is 0 Å². The van der Waals surface area contributed by atoms with Crippen LogP contribution in [0.25, 0.3) is 0 Å². The van der Waals surface area contributed by atoms with Crippen molar-refractivity contribution in [2.75, 3.05) is 0 Å². The topological polar surface area (TPSA) is 12.9 Å². The SMILES string of the molecule is [CH3][Sn]([CH3])([CH3])[c]1cc(Cl)ncc1F. The Balaban J connectivity index is 3.23. The maximum absolute atomic E-state index is 13.2. The number of rotatable bonds is 1. The van der Waals surface area contributed by atoms with Crippen LogP contribution in [0, 0.1) is 5.82 Å². The summed E-state index contributed by atoms with van der Waals surface area (Å²) in [5, 5.41) is 0.387. The van der Waals surface area contributed by atoms with Crippen LogP contribution < -0.4 is 3.58 Å². The summed E-state index contributed by atoms with van der Waals surface area (Å²) < 4.78 is 14.0. The molecule has 0 unspecified atom stereocenters. The van der Waals surface area contributed by atoms with Crippen molar-refractivity contribution in [2.45, 2.75) is 14.8 Å². The fourth-order valence-corrected chi connectivity index (χ4v) is 5.26. The van der Waals surface area contributed by atoms with Gasteiger partial charge in [0.05, 0.1) is 0 Å². The summed E-state index contributed by atoms with van der Waals surface area (Å²) in [5.41, 5.74) is 0. The van der Waals surface area contributed by atoms with Gasteiger partial charge in [-0.15, -0.1) is 0 Å². The minimum atomic E-state index is -2.32. The summed E-state index contributed by atoms with van der Waals surface area (Å²) in [6.07, 6.45) is 1.21. The predicted molar refractivity (Wildman–Crippen MR) is 52.2 cm³/mol. The maximum atomic E-state index is 13.2. The molecular formula is C8H11ClFNSn. The summed E-state index contributed by atoms with van der Waals surface area (Å²) in [6.45, 7) is 0. The predicted octanol–water partition coefficient (Wildman–Crippen LogP) is 2.42. The van der Waals surface area contributed by atoms with Crippen molar-refractivity contribution in [2.24, 2.45) is 0 Å². The van der Waals surface area contributed by atoms with Gasteiger partial charge in [-0.2, -0.15) is 0 Å². The van der Waals surface area contributed by atoms with Crippen LogP contribution in [0.5, 0.6) is 0 Å². The van der Waals surface area contributed by atoms with Crippen LogP contribution >= 0.6 is 11.6 Å². The van der Waals surface area contributed by atoms with Crippen molar-refractivity contribution in [3.05, 3.63) is 23.2 Å². The third-order valence-corrected chi connectivity index (χ3v) is 7.54. The molecule has 0 saturated heterocycles. The molecule has 1 heterocycles. The number of nitrogens with zero attached hydrogens (tertiary/aromatic N) is 1. The van der Waals surface area contributed by atoms with Crippen LogP contribution in [0.3, 0.4) is 0 Å². The molecule has 0 aliphatic rings. The molecule has 0 bridgehead atoms. The molecule has 0 atom stereocenters. The van der Waals surface area contributed by atoms with Gasteiger partial charge in [0.2, 0.25) is 0 Å². The van der Waals surface area contributed by atoms with Crippen molar-refractivity contribution >= 4 is 33.6 Å². The molecule has 66 valence electrons. The molecule has 0 N–H and O–H groups in total. The molecule has 1 nitrogen and oxygen atoms in total. The van der Waals surface area contributed by atoms with Crippen molar-refractivity contribution < 1.29 is 4.39 Å². The Hall–Kier alpha value is 0.169. The number of pyridine rings is 1. The normalized spacial score (nSPS) is 11.8. The number of halogens is 2. The van der Waals surface area contributed by atoms with E-state index in [1.165, 1.54) is 6.20 Å². The van der Waals surface area contributed by atoms with E-state index >= 15 is 0 Å². The van der Waals surface area contributed by atoms with E-state index in [1.807, 2.05) is 0 Å². The van der Waals surface area contributed by atoms with Crippen LogP contribution in [0.4, 0.5) is 4.39 Å². The van der Waals surface area contributed by atoms with Crippen LogP contribution in [0.1, 0.15) is 0 Å². The van der Waals surface area contributed by atoms with E-state index in [0.717, 1.165) is 3.58 Å². The van der Waals surface area contributed by atoms with Gasteiger partial charge in [-0.25, -0.2) is 0 Å². The fraction of sp³-hybridized carbons (Fsp3) is 0.375. The van der Waals surface area contributed by atoms with E-state index in [4.69, 9.17) is 11.6 Å². The molecule has 4 heteroatoms. The van der Waals surface area contributed by atoms with Gasteiger partial charge in [0.1, 0.15) is 0 Å². The molecule has 12 heavy (non-hydrogen) atoms. The van der Waals surface area contributed by atoms with Gasteiger partial charge in [-0.1, -0.05) is 0 Å². The first-order valence-electron chi connectivity index (χ1n) is 3.73. The van der Waals surface area contributed by atoms with E-state index in [9.17, 15) is 4.39 Å². The Bertz CT molecular complexity index is 296. The van der Waals surface area contributed by atoms with Crippen molar-refractivity contribution in [3.63, 3.8) is 0 Å². The van der Waals surface area contributed by atoms with Gasteiger partial charge in [0.25, 0.3) is 0 Å². The molecule has 0 spiro atoms. The Kier molecular flexibility index (Phi) is 2.99. The van der Waals surface area contributed by atoms with Gasteiger partial charge in [0, 0.05) is 0 Å². The van der Waals surface area contributed by atoms with Gasteiger partial charge < -0.3 is 0 Å². The molecule has 1 rings (SSSR count). The molecule has 0 saturated carbocycles. The standard InChI is InChI=1S/C5H2ClFN.3CH3.Sn/c6-5-2-1-4(7)3-8-5;;;;/h2-3H;3*1H3;. The van der Waals surface area contributed by atoms with Crippen LogP contribution in [0.15, 0.2) is 12.3 Å². The Morgan fingerprint density at radius 3 is 2.42 bits per heavy atom. The second-order valence-corrected chi connectivity index (χ2v) is 18.5. The second kappa shape index (κ2) is 3.50. The summed E-state index contributed by atoms with van der Waals surface area (Å²) in [7, 11) is 0. The molecule has 1 aromatic heterocycles. The molecular weight excluding hydrogens is 283 g/mol. The first-order chi connectivity index (χ1) is 5.41. The van der Waals surface area contributed by atoms with Gasteiger partial charge >= 0.3 is 81.0 Å². The molecule has 0 fully saturated rings. The summed E-state index contributed by atoms with van der Waals surface area (Å²) in [4.78, 5) is 10.1. The van der Waals surface area contributed by atoms with E-state index in [1.54, 1.807) is 6.07 Å². The zero-order valence-electron chi connectivity index (χ0n) is 7.36. The average molecular weight is 294 g/mol. The Labute approximate surface area is 80.8 Å². The first-order valence-corrected chi connectivity index (χ1v) is 14.1. The van der Waals surface area contributed by atoms with Crippen LogP contribution in [-0.4, -0.2) is 23.4 Å². The summed E-state index contributed by atoms with van der Waals surface area (Å²) in [6, 6.07) is 1.66. The van der Waals surface area contributed by atoms with E-state index in [-0.39, 0.29) is 5.82 Å². The third kappa shape index (κ3) is 2.33. The second-order valence-electron chi connectivity index (χ2n) is 3.74. The van der Waals surface area contributed by atoms with Crippen LogP contribution in [0.2, 0.25) is 20.0 Å². The number of hydrogen-bond donors (Lipinski definition) is 0. The summed E-state index contributed by atoms with van der Waals surface area (Å²) >= 11 is 3.36. The fourth-order valence-electron chi connectivity index (χ4n) is 0.988. The zero-order chi connectivity index (χ0) is 9.35. The molecule has 0 amide bonds. The minimum absolute atomic E-state index is 0.206. The van der Waals surface area contributed by atoms with Crippen molar-refractivity contribution in [1.82, 2.24) is 4.98 Å². The van der Waals surface area contributed by atoms with Crippen molar-refractivity contribution in [1.29, 1.82) is 0 Å². The Morgan fingerprint density at radius 2 is 2.00 bits per heavy atom. The average Bonchev–Trinajstić information content (AvgIpc) is 1.92. The number of hydrogen-bond acceptors (Lipinski definition) is 1. The third-order valence-electron chi connectivity index (χ3n) is 1.63. The van der Waals surface area contributed by atoms with Gasteiger partial charge in [-0.3, -0.25) is 0 Å². The summed E-state index contributed by atoms with van der Waals surface area (Å²) in [5.74, 6) is -0.206. The molecule has 0 aromatic carbocycles. The first kappa shape index (κ1) is 10.3. The molecule has 0 aliphatic carbocycles. The number of aromatic nitrogens is 1. The molecule has 0 radical (unpaired) electrons.